The van der Waals surface area contributed by atoms with Crippen molar-refractivity contribution >= 4 is 21.9 Å². The fourth-order valence-corrected chi connectivity index (χ4v) is 2.15. The molecule has 0 unspecified atom stereocenters. The van der Waals surface area contributed by atoms with Gasteiger partial charge in [-0.05, 0) is 24.6 Å². The van der Waals surface area contributed by atoms with Gasteiger partial charge in [-0.1, -0.05) is 6.58 Å². The van der Waals surface area contributed by atoms with E-state index in [0.717, 1.165) is 0 Å². The van der Waals surface area contributed by atoms with Gasteiger partial charge in [0.25, 0.3) is 0 Å². The van der Waals surface area contributed by atoms with Crippen LogP contribution >= 0.6 is 0 Å². The minimum Gasteiger partial charge on any atom is -0.502 e. The van der Waals surface area contributed by atoms with Gasteiger partial charge in [-0.15, -0.1) is 0 Å². The first-order chi connectivity index (χ1) is 10.5. The Morgan fingerprint density at radius 1 is 1.32 bits per heavy atom. The van der Waals surface area contributed by atoms with E-state index < -0.39 is 11.7 Å². The number of aromatic hydroxyl groups is 1. The van der Waals surface area contributed by atoms with Crippen molar-refractivity contribution in [3.63, 3.8) is 0 Å². The summed E-state index contributed by atoms with van der Waals surface area (Å²) in [6.07, 6.45) is 0.560. The van der Waals surface area contributed by atoms with Crippen molar-refractivity contribution in [3.8, 4) is 11.5 Å². The molecule has 22 heavy (non-hydrogen) atoms. The maximum atomic E-state index is 11.4. The third kappa shape index (κ3) is 2.23. The van der Waals surface area contributed by atoms with Crippen LogP contribution in [0, 0.1) is 0 Å². The first kappa shape index (κ1) is 14.2. The van der Waals surface area contributed by atoms with Crippen molar-refractivity contribution < 1.29 is 23.8 Å². The van der Waals surface area contributed by atoms with Crippen LogP contribution in [0.5, 0.6) is 11.5 Å². The molecule has 0 aliphatic carbocycles. The second-order valence-electron chi connectivity index (χ2n) is 5.01. The van der Waals surface area contributed by atoms with Crippen molar-refractivity contribution in [2.24, 2.45) is 0 Å². The highest BCUT2D eigenvalue weighted by atomic mass is 16.5. The van der Waals surface area contributed by atoms with Gasteiger partial charge in [0.05, 0.1) is 17.0 Å². The van der Waals surface area contributed by atoms with Crippen LogP contribution in [-0.2, 0) is 0 Å². The average molecular weight is 302 g/mol. The SMILES string of the molecule is C=C(C)[C@H](O)COc1c2ccoc2c(O)c2oc(=O)ccc12. The first-order valence-electron chi connectivity index (χ1n) is 6.61. The summed E-state index contributed by atoms with van der Waals surface area (Å²) in [4.78, 5) is 11.4. The number of ether oxygens (including phenoxy) is 1. The minimum atomic E-state index is -0.832. The van der Waals surface area contributed by atoms with Gasteiger partial charge < -0.3 is 23.8 Å². The number of benzene rings is 1. The summed E-state index contributed by atoms with van der Waals surface area (Å²) in [6.45, 7) is 5.33. The molecular formula is C16H14O6. The molecule has 3 aromatic rings. The maximum Gasteiger partial charge on any atom is 0.336 e. The van der Waals surface area contributed by atoms with Crippen LogP contribution in [0.4, 0.5) is 0 Å². The minimum absolute atomic E-state index is 0.0187. The summed E-state index contributed by atoms with van der Waals surface area (Å²) in [5.41, 5.74) is 0.108. The molecule has 1 atom stereocenters. The van der Waals surface area contributed by atoms with E-state index in [2.05, 4.69) is 6.58 Å². The Bertz CT molecular complexity index is 917. The third-order valence-corrected chi connectivity index (χ3v) is 3.37. The fourth-order valence-electron chi connectivity index (χ4n) is 2.15. The van der Waals surface area contributed by atoms with Gasteiger partial charge in [-0.3, -0.25) is 0 Å². The van der Waals surface area contributed by atoms with Crippen molar-refractivity contribution in [2.75, 3.05) is 6.61 Å². The van der Waals surface area contributed by atoms with Crippen molar-refractivity contribution in [1.29, 1.82) is 0 Å². The molecule has 2 aromatic heterocycles. The maximum absolute atomic E-state index is 11.4. The van der Waals surface area contributed by atoms with E-state index in [1.807, 2.05) is 0 Å². The summed E-state index contributed by atoms with van der Waals surface area (Å²) < 4.78 is 15.9. The van der Waals surface area contributed by atoms with Crippen molar-refractivity contribution in [1.82, 2.24) is 0 Å². The predicted octanol–water partition coefficient (Wildman–Crippen LogP) is 2.56. The molecule has 0 spiro atoms. The number of phenolic OH excluding ortho intramolecular Hbond substituents is 1. The summed E-state index contributed by atoms with van der Waals surface area (Å²) in [7, 11) is 0. The Morgan fingerprint density at radius 3 is 2.77 bits per heavy atom. The number of fused-ring (bicyclic) bond motifs is 2. The quantitative estimate of drug-likeness (QED) is 0.568. The summed E-state index contributed by atoms with van der Waals surface area (Å²) in [6, 6.07) is 4.35. The standard InChI is InChI=1S/C16H14O6/c1-8(2)11(17)7-21-14-9-3-4-12(18)22-16(9)13(19)15-10(14)5-6-20-15/h3-6,11,17,19H,1,7H2,2H3/t11-/m1/s1. The molecule has 0 saturated carbocycles. The third-order valence-electron chi connectivity index (χ3n) is 3.37. The number of furan rings is 1. The number of hydrogen-bond acceptors (Lipinski definition) is 6. The molecule has 0 fully saturated rings. The molecule has 6 nitrogen and oxygen atoms in total. The highest BCUT2D eigenvalue weighted by Gasteiger charge is 2.20. The summed E-state index contributed by atoms with van der Waals surface area (Å²) in [5, 5.41) is 20.9. The topological polar surface area (TPSA) is 93.0 Å². The molecule has 0 saturated heterocycles. The van der Waals surface area contributed by atoms with E-state index in [1.54, 1.807) is 13.0 Å². The van der Waals surface area contributed by atoms with E-state index >= 15 is 0 Å². The number of aliphatic hydroxyl groups is 1. The Morgan fingerprint density at radius 2 is 2.05 bits per heavy atom. The smallest absolute Gasteiger partial charge is 0.336 e. The largest absolute Gasteiger partial charge is 0.502 e. The van der Waals surface area contributed by atoms with Gasteiger partial charge in [0, 0.05) is 6.07 Å². The van der Waals surface area contributed by atoms with Crippen LogP contribution in [-0.4, -0.2) is 22.9 Å². The van der Waals surface area contributed by atoms with Crippen LogP contribution in [0.25, 0.3) is 21.9 Å². The van der Waals surface area contributed by atoms with Gasteiger partial charge >= 0.3 is 5.63 Å². The lowest BCUT2D eigenvalue weighted by atomic mass is 10.1. The molecule has 114 valence electrons. The molecular weight excluding hydrogens is 288 g/mol. The van der Waals surface area contributed by atoms with Crippen LogP contribution in [0.2, 0.25) is 0 Å². The Hall–Kier alpha value is -2.73. The zero-order chi connectivity index (χ0) is 15.9. The molecule has 2 heterocycles. The Kier molecular flexibility index (Phi) is 3.38. The highest BCUT2D eigenvalue weighted by Crippen LogP contribution is 2.42. The lowest BCUT2D eigenvalue weighted by Gasteiger charge is -2.14. The van der Waals surface area contributed by atoms with E-state index in [4.69, 9.17) is 13.6 Å². The van der Waals surface area contributed by atoms with E-state index in [9.17, 15) is 15.0 Å². The van der Waals surface area contributed by atoms with Crippen LogP contribution < -0.4 is 10.4 Å². The zero-order valence-corrected chi connectivity index (χ0v) is 11.8. The molecule has 0 aliphatic heterocycles. The van der Waals surface area contributed by atoms with Gasteiger partial charge in [0.2, 0.25) is 5.75 Å². The summed E-state index contributed by atoms with van der Waals surface area (Å²) >= 11 is 0. The van der Waals surface area contributed by atoms with E-state index in [0.29, 0.717) is 22.1 Å². The second kappa shape index (κ2) is 5.23. The Balaban J connectivity index is 2.21. The molecule has 6 heteroatoms. The average Bonchev–Trinajstić information content (AvgIpc) is 2.96. The van der Waals surface area contributed by atoms with Gasteiger partial charge in [-0.2, -0.15) is 0 Å². The molecule has 1 aromatic carbocycles. The number of hydrogen-bond donors (Lipinski definition) is 2. The molecule has 0 radical (unpaired) electrons. The first-order valence-corrected chi connectivity index (χ1v) is 6.61. The van der Waals surface area contributed by atoms with E-state index in [-0.39, 0.29) is 23.5 Å². The molecule has 0 bridgehead atoms. The molecule has 3 rings (SSSR count). The van der Waals surface area contributed by atoms with Crippen LogP contribution in [0.3, 0.4) is 0 Å². The monoisotopic (exact) mass is 302 g/mol. The van der Waals surface area contributed by atoms with E-state index in [1.165, 1.54) is 18.4 Å². The van der Waals surface area contributed by atoms with Crippen molar-refractivity contribution in [2.45, 2.75) is 13.0 Å². The Labute approximate surface area is 124 Å². The normalized spacial score (nSPS) is 12.6. The fraction of sp³-hybridized carbons (Fsp3) is 0.188. The molecule has 2 N–H and O–H groups in total. The predicted molar refractivity (Wildman–Crippen MR) is 80.2 cm³/mol. The molecule has 0 aliphatic rings. The zero-order valence-electron chi connectivity index (χ0n) is 11.8. The van der Waals surface area contributed by atoms with Gasteiger partial charge in [-0.25, -0.2) is 4.79 Å². The van der Waals surface area contributed by atoms with Crippen LogP contribution in [0.15, 0.2) is 50.2 Å². The lowest BCUT2D eigenvalue weighted by molar-refractivity contribution is 0.137. The number of aliphatic hydroxyl groups excluding tert-OH is 1. The molecule has 0 amide bonds. The van der Waals surface area contributed by atoms with Crippen LogP contribution in [0.1, 0.15) is 6.92 Å². The number of rotatable bonds is 4. The van der Waals surface area contributed by atoms with Gasteiger partial charge in [0.15, 0.2) is 11.2 Å². The number of phenols is 1. The lowest BCUT2D eigenvalue weighted by Crippen LogP contribution is -2.18. The van der Waals surface area contributed by atoms with Crippen molar-refractivity contribution in [3.05, 3.63) is 47.0 Å². The summed E-state index contributed by atoms with van der Waals surface area (Å²) in [5.74, 6) is 0.0982. The van der Waals surface area contributed by atoms with Gasteiger partial charge in [0.1, 0.15) is 18.5 Å². The second-order valence-corrected chi connectivity index (χ2v) is 5.01. The highest BCUT2D eigenvalue weighted by molar-refractivity contribution is 6.06.